The van der Waals surface area contributed by atoms with Crippen LogP contribution in [-0.2, 0) is 14.9 Å². The first-order chi connectivity index (χ1) is 5.10. The molecule has 0 saturated carbocycles. The summed E-state index contributed by atoms with van der Waals surface area (Å²) in [6.45, 7) is 3.57. The average molecular weight is 196 g/mol. The fourth-order valence-corrected chi connectivity index (χ4v) is 1.07. The Kier molecular flexibility index (Phi) is 2.87. The van der Waals surface area contributed by atoms with Crippen LogP contribution in [0, 0.1) is 5.92 Å². The zero-order valence-corrected chi connectivity index (χ0v) is 7.92. The van der Waals surface area contributed by atoms with Gasteiger partial charge in [0.1, 0.15) is 4.75 Å². The Hall–Kier alpha value is -0.620. The molecule has 0 radical (unpaired) electrons. The highest BCUT2D eigenvalue weighted by Gasteiger charge is 2.42. The molecule has 0 saturated heterocycles. The van der Waals surface area contributed by atoms with Crippen molar-refractivity contribution in [2.24, 2.45) is 5.92 Å². The van der Waals surface area contributed by atoms with Crippen molar-refractivity contribution in [3.8, 4) is 0 Å². The number of carbonyl (C=O) groups is 1. The third kappa shape index (κ3) is 1.95. The quantitative estimate of drug-likeness (QED) is 0.636. The standard InChI is InChI=1S/C6H12O5S/c1-4(5(7)8)6(2,3)12(9,10)11/h4H,1-3H3,(H,7,8)(H,9,10,11). The molecule has 0 aromatic carbocycles. The Morgan fingerprint density at radius 3 is 1.83 bits per heavy atom. The van der Waals surface area contributed by atoms with Gasteiger partial charge in [0.05, 0.1) is 5.92 Å². The fraction of sp³-hybridized carbons (Fsp3) is 0.833. The van der Waals surface area contributed by atoms with Gasteiger partial charge in [-0.05, 0) is 13.8 Å². The van der Waals surface area contributed by atoms with Gasteiger partial charge in [0.15, 0.2) is 0 Å². The highest BCUT2D eigenvalue weighted by molar-refractivity contribution is 7.87. The second-order valence-corrected chi connectivity index (χ2v) is 5.14. The van der Waals surface area contributed by atoms with Crippen molar-refractivity contribution < 1.29 is 22.9 Å². The van der Waals surface area contributed by atoms with Gasteiger partial charge in [-0.25, -0.2) is 0 Å². The minimum Gasteiger partial charge on any atom is -0.481 e. The van der Waals surface area contributed by atoms with E-state index in [-0.39, 0.29) is 0 Å². The van der Waals surface area contributed by atoms with E-state index in [1.807, 2.05) is 0 Å². The summed E-state index contributed by atoms with van der Waals surface area (Å²) >= 11 is 0. The highest BCUT2D eigenvalue weighted by Crippen LogP contribution is 2.25. The average Bonchev–Trinajstić information content (AvgIpc) is 1.83. The second-order valence-electron chi connectivity index (χ2n) is 3.14. The van der Waals surface area contributed by atoms with E-state index in [0.29, 0.717) is 0 Å². The first kappa shape index (κ1) is 11.4. The monoisotopic (exact) mass is 196 g/mol. The van der Waals surface area contributed by atoms with Gasteiger partial charge in [-0.2, -0.15) is 8.42 Å². The molecule has 0 spiro atoms. The van der Waals surface area contributed by atoms with Gasteiger partial charge in [0.25, 0.3) is 10.1 Å². The van der Waals surface area contributed by atoms with E-state index in [4.69, 9.17) is 9.66 Å². The molecule has 6 heteroatoms. The van der Waals surface area contributed by atoms with Crippen molar-refractivity contribution in [1.29, 1.82) is 0 Å². The van der Waals surface area contributed by atoms with Crippen LogP contribution < -0.4 is 0 Å². The van der Waals surface area contributed by atoms with Crippen LogP contribution in [0.4, 0.5) is 0 Å². The molecule has 0 fully saturated rings. The molecule has 0 bridgehead atoms. The summed E-state index contributed by atoms with van der Waals surface area (Å²) in [5.74, 6) is -2.40. The van der Waals surface area contributed by atoms with Gasteiger partial charge in [0, 0.05) is 0 Å². The van der Waals surface area contributed by atoms with Crippen molar-refractivity contribution >= 4 is 16.1 Å². The van der Waals surface area contributed by atoms with E-state index in [1.165, 1.54) is 20.8 Å². The maximum atomic E-state index is 10.7. The number of hydrogen-bond donors (Lipinski definition) is 2. The van der Waals surface area contributed by atoms with Crippen LogP contribution in [0.2, 0.25) is 0 Å². The lowest BCUT2D eigenvalue weighted by Crippen LogP contribution is -2.42. The Balaban J connectivity index is 5.00. The zero-order valence-electron chi connectivity index (χ0n) is 7.10. The molecule has 0 aromatic rings. The first-order valence-corrected chi connectivity index (χ1v) is 4.74. The Bertz CT molecular complexity index is 276. The summed E-state index contributed by atoms with van der Waals surface area (Å²) in [7, 11) is -4.33. The van der Waals surface area contributed by atoms with Crippen LogP contribution in [0.15, 0.2) is 0 Å². The molecular weight excluding hydrogens is 184 g/mol. The molecule has 72 valence electrons. The van der Waals surface area contributed by atoms with E-state index in [1.54, 1.807) is 0 Å². The number of carboxylic acids is 1. The molecule has 0 aliphatic carbocycles. The molecule has 1 unspecified atom stereocenters. The van der Waals surface area contributed by atoms with Crippen LogP contribution in [0.3, 0.4) is 0 Å². The van der Waals surface area contributed by atoms with Crippen LogP contribution in [0.25, 0.3) is 0 Å². The van der Waals surface area contributed by atoms with Gasteiger partial charge in [-0.15, -0.1) is 0 Å². The summed E-state index contributed by atoms with van der Waals surface area (Å²) in [6, 6.07) is 0. The van der Waals surface area contributed by atoms with Crippen molar-refractivity contribution in [2.45, 2.75) is 25.5 Å². The Morgan fingerprint density at radius 2 is 1.75 bits per heavy atom. The van der Waals surface area contributed by atoms with Crippen LogP contribution in [0.1, 0.15) is 20.8 Å². The minimum atomic E-state index is -4.33. The van der Waals surface area contributed by atoms with Crippen molar-refractivity contribution in [1.82, 2.24) is 0 Å². The predicted octanol–water partition coefficient (Wildman–Crippen LogP) is 0.373. The smallest absolute Gasteiger partial charge is 0.307 e. The third-order valence-corrected chi connectivity index (χ3v) is 3.76. The number of aliphatic carboxylic acids is 1. The summed E-state index contributed by atoms with van der Waals surface area (Å²) in [6.07, 6.45) is 0. The molecule has 0 rings (SSSR count). The van der Waals surface area contributed by atoms with E-state index in [2.05, 4.69) is 0 Å². The van der Waals surface area contributed by atoms with Crippen molar-refractivity contribution in [3.05, 3.63) is 0 Å². The van der Waals surface area contributed by atoms with E-state index < -0.39 is 26.8 Å². The van der Waals surface area contributed by atoms with Gasteiger partial charge in [-0.1, -0.05) is 6.92 Å². The van der Waals surface area contributed by atoms with Crippen LogP contribution in [0.5, 0.6) is 0 Å². The number of rotatable bonds is 3. The Labute approximate surface area is 71.1 Å². The van der Waals surface area contributed by atoms with Crippen LogP contribution >= 0.6 is 0 Å². The molecule has 0 aliphatic heterocycles. The van der Waals surface area contributed by atoms with Crippen molar-refractivity contribution in [3.63, 3.8) is 0 Å². The van der Waals surface area contributed by atoms with Crippen molar-refractivity contribution in [2.75, 3.05) is 0 Å². The highest BCUT2D eigenvalue weighted by atomic mass is 32.2. The molecule has 0 aromatic heterocycles. The topological polar surface area (TPSA) is 91.7 Å². The van der Waals surface area contributed by atoms with Gasteiger partial charge in [-0.3, -0.25) is 9.35 Å². The summed E-state index contributed by atoms with van der Waals surface area (Å²) in [5, 5.41) is 8.51. The largest absolute Gasteiger partial charge is 0.481 e. The normalized spacial score (nSPS) is 15.7. The third-order valence-electron chi connectivity index (χ3n) is 2.08. The van der Waals surface area contributed by atoms with E-state index in [9.17, 15) is 13.2 Å². The molecule has 0 aliphatic rings. The van der Waals surface area contributed by atoms with Gasteiger partial charge < -0.3 is 5.11 Å². The lowest BCUT2D eigenvalue weighted by molar-refractivity contribution is -0.142. The first-order valence-electron chi connectivity index (χ1n) is 3.30. The molecule has 0 amide bonds. The maximum Gasteiger partial charge on any atom is 0.307 e. The van der Waals surface area contributed by atoms with E-state index in [0.717, 1.165) is 0 Å². The Morgan fingerprint density at radius 1 is 1.42 bits per heavy atom. The van der Waals surface area contributed by atoms with Gasteiger partial charge >= 0.3 is 5.97 Å². The molecule has 5 nitrogen and oxygen atoms in total. The summed E-state index contributed by atoms with van der Waals surface area (Å²) in [4.78, 5) is 10.4. The van der Waals surface area contributed by atoms with Gasteiger partial charge in [0.2, 0.25) is 0 Å². The minimum absolute atomic E-state index is 1.15. The molecule has 2 N–H and O–H groups in total. The van der Waals surface area contributed by atoms with Crippen LogP contribution in [-0.4, -0.2) is 28.8 Å². The fourth-order valence-electron chi connectivity index (χ4n) is 0.521. The molecular formula is C6H12O5S. The SMILES string of the molecule is CC(C(=O)O)C(C)(C)S(=O)(=O)O. The second kappa shape index (κ2) is 3.02. The molecule has 12 heavy (non-hydrogen) atoms. The van der Waals surface area contributed by atoms with E-state index >= 15 is 0 Å². The lowest BCUT2D eigenvalue weighted by atomic mass is 9.97. The lowest BCUT2D eigenvalue weighted by Gasteiger charge is -2.24. The number of hydrogen-bond acceptors (Lipinski definition) is 3. The summed E-state index contributed by atoms with van der Waals surface area (Å²) < 4.78 is 28.4. The molecule has 0 heterocycles. The summed E-state index contributed by atoms with van der Waals surface area (Å²) in [5.41, 5.74) is 0. The molecule has 1 atom stereocenters. The predicted molar refractivity (Wildman–Crippen MR) is 42.4 cm³/mol. The maximum absolute atomic E-state index is 10.7. The zero-order chi connectivity index (χ0) is 10.2. The number of carboxylic acid groups (broad SMARTS) is 1.